The summed E-state index contributed by atoms with van der Waals surface area (Å²) in [6.07, 6.45) is 5.02. The summed E-state index contributed by atoms with van der Waals surface area (Å²) in [4.78, 5) is 31.7. The largest absolute Gasteiger partial charge is 0.443 e. The third-order valence-corrected chi connectivity index (χ3v) is 4.45. The van der Waals surface area contributed by atoms with Crippen molar-refractivity contribution in [2.45, 2.75) is 71.6 Å². The van der Waals surface area contributed by atoms with E-state index < -0.39 is 11.7 Å². The number of aromatic nitrogens is 1. The van der Waals surface area contributed by atoms with Gasteiger partial charge < -0.3 is 9.64 Å². The first kappa shape index (κ1) is 19.2. The second-order valence-corrected chi connectivity index (χ2v) is 7.56. The number of pyridine rings is 1. The van der Waals surface area contributed by atoms with Gasteiger partial charge in [-0.15, -0.1) is 0 Å². The summed E-state index contributed by atoms with van der Waals surface area (Å²) >= 11 is 0. The molecular weight excluding hydrogens is 318 g/mol. The first-order valence-electron chi connectivity index (χ1n) is 8.96. The molecule has 0 radical (unpaired) electrons. The minimum Gasteiger partial charge on any atom is -0.443 e. The van der Waals surface area contributed by atoms with Gasteiger partial charge in [0.05, 0.1) is 6.04 Å². The molecule has 0 saturated carbocycles. The van der Waals surface area contributed by atoms with Crippen LogP contribution in [0.3, 0.4) is 0 Å². The molecule has 0 spiro atoms. The molecule has 2 atom stereocenters. The molecular formula is C19H29N3O3. The fraction of sp³-hybridized carbons (Fsp3) is 0.632. The maximum Gasteiger partial charge on any atom is 0.416 e. The fourth-order valence-corrected chi connectivity index (χ4v) is 3.00. The Hall–Kier alpha value is -2.11. The zero-order valence-electron chi connectivity index (χ0n) is 15.9. The van der Waals surface area contributed by atoms with Crippen LogP contribution in [0, 0.1) is 0 Å². The summed E-state index contributed by atoms with van der Waals surface area (Å²) in [5, 5.41) is 0. The highest BCUT2D eigenvalue weighted by Gasteiger charge is 2.29. The van der Waals surface area contributed by atoms with Crippen molar-refractivity contribution in [1.29, 1.82) is 0 Å². The molecule has 25 heavy (non-hydrogen) atoms. The maximum absolute atomic E-state index is 12.6. The van der Waals surface area contributed by atoms with E-state index in [1.165, 1.54) is 0 Å². The summed E-state index contributed by atoms with van der Waals surface area (Å²) in [5.74, 6) is 0.572. The predicted octanol–water partition coefficient (Wildman–Crippen LogP) is 3.91. The molecule has 0 aliphatic carbocycles. The van der Waals surface area contributed by atoms with Crippen LogP contribution < -0.4 is 4.90 Å². The van der Waals surface area contributed by atoms with Crippen LogP contribution >= 0.6 is 0 Å². The van der Waals surface area contributed by atoms with Crippen molar-refractivity contribution in [3.63, 3.8) is 0 Å². The number of anilines is 1. The quantitative estimate of drug-likeness (QED) is 0.758. The van der Waals surface area contributed by atoms with Crippen LogP contribution in [0.1, 0.15) is 65.5 Å². The summed E-state index contributed by atoms with van der Waals surface area (Å²) in [6, 6.07) is 3.85. The first-order chi connectivity index (χ1) is 11.8. The topological polar surface area (TPSA) is 62.7 Å². The number of nitrogens with zero attached hydrogens (tertiary/aromatic N) is 3. The number of carbonyl (C=O) groups is 2. The number of likely N-dealkylation sites (tertiary alicyclic amines) is 1. The number of amides is 2. The van der Waals surface area contributed by atoms with Crippen molar-refractivity contribution in [3.05, 3.63) is 23.9 Å². The summed E-state index contributed by atoms with van der Waals surface area (Å²) in [5.41, 5.74) is 0.443. The number of hydrogen-bond acceptors (Lipinski definition) is 4. The van der Waals surface area contributed by atoms with Gasteiger partial charge in [0.2, 0.25) is 6.41 Å². The molecule has 1 aromatic rings. The van der Waals surface area contributed by atoms with Crippen LogP contribution in [-0.4, -0.2) is 40.6 Å². The van der Waals surface area contributed by atoms with Gasteiger partial charge in [-0.2, -0.15) is 0 Å². The number of carbonyl (C=O) groups excluding carboxylic acids is 2. The molecule has 2 heterocycles. The SMILES string of the molecule is CC[C@@H](C)N(C(=O)OC(C)(C)C)c1ccc([C@H]2CCCN2C=O)cn1. The average Bonchev–Trinajstić information content (AvgIpc) is 3.02. The molecule has 2 amide bonds. The van der Waals surface area contributed by atoms with Crippen molar-refractivity contribution >= 4 is 18.3 Å². The van der Waals surface area contributed by atoms with Crippen molar-refractivity contribution in [2.24, 2.45) is 0 Å². The van der Waals surface area contributed by atoms with E-state index in [0.29, 0.717) is 5.82 Å². The molecule has 2 rings (SSSR count). The van der Waals surface area contributed by atoms with E-state index in [1.54, 1.807) is 16.0 Å². The standard InChI is InChI=1S/C19H29N3O3/c1-6-14(2)22(18(24)25-19(3,4)5)17-10-9-15(12-20-17)16-8-7-11-21(16)13-23/h9-10,12-14,16H,6-8,11H2,1-5H3/t14-,16-/m1/s1. The molecule has 0 unspecified atom stereocenters. The smallest absolute Gasteiger partial charge is 0.416 e. The lowest BCUT2D eigenvalue weighted by Gasteiger charge is -2.30. The molecule has 1 aliphatic heterocycles. The van der Waals surface area contributed by atoms with Gasteiger partial charge in [0.25, 0.3) is 0 Å². The van der Waals surface area contributed by atoms with E-state index in [2.05, 4.69) is 4.98 Å². The van der Waals surface area contributed by atoms with Gasteiger partial charge >= 0.3 is 6.09 Å². The van der Waals surface area contributed by atoms with E-state index in [9.17, 15) is 9.59 Å². The number of rotatable bonds is 5. The molecule has 0 N–H and O–H groups in total. The monoisotopic (exact) mass is 347 g/mol. The summed E-state index contributed by atoms with van der Waals surface area (Å²) < 4.78 is 5.53. The van der Waals surface area contributed by atoms with Crippen LogP contribution in [0.2, 0.25) is 0 Å². The van der Waals surface area contributed by atoms with Gasteiger partial charge in [0.15, 0.2) is 0 Å². The third kappa shape index (κ3) is 4.71. The van der Waals surface area contributed by atoms with E-state index >= 15 is 0 Å². The molecule has 0 bridgehead atoms. The van der Waals surface area contributed by atoms with E-state index in [-0.39, 0.29) is 12.1 Å². The Kier molecular flexibility index (Phi) is 6.03. The van der Waals surface area contributed by atoms with Crippen LogP contribution in [0.25, 0.3) is 0 Å². The Morgan fingerprint density at radius 3 is 2.72 bits per heavy atom. The van der Waals surface area contributed by atoms with E-state index in [4.69, 9.17) is 4.74 Å². The van der Waals surface area contributed by atoms with Gasteiger partial charge in [0.1, 0.15) is 11.4 Å². The van der Waals surface area contributed by atoms with Crippen LogP contribution in [0.15, 0.2) is 18.3 Å². The van der Waals surface area contributed by atoms with E-state index in [1.807, 2.05) is 46.8 Å². The average molecular weight is 347 g/mol. The predicted molar refractivity (Wildman–Crippen MR) is 97.4 cm³/mol. The first-order valence-corrected chi connectivity index (χ1v) is 8.96. The van der Waals surface area contributed by atoms with Gasteiger partial charge in [0, 0.05) is 18.8 Å². The lowest BCUT2D eigenvalue weighted by Crippen LogP contribution is -2.42. The molecule has 138 valence electrons. The van der Waals surface area contributed by atoms with E-state index in [0.717, 1.165) is 37.8 Å². The highest BCUT2D eigenvalue weighted by Crippen LogP contribution is 2.31. The molecule has 1 fully saturated rings. The maximum atomic E-state index is 12.6. The second kappa shape index (κ2) is 7.85. The molecule has 6 heteroatoms. The molecule has 6 nitrogen and oxygen atoms in total. The van der Waals surface area contributed by atoms with Crippen LogP contribution in [0.5, 0.6) is 0 Å². The molecule has 0 aromatic carbocycles. The second-order valence-electron chi connectivity index (χ2n) is 7.56. The minimum atomic E-state index is -0.558. The lowest BCUT2D eigenvalue weighted by atomic mass is 10.1. The van der Waals surface area contributed by atoms with Crippen molar-refractivity contribution in [3.8, 4) is 0 Å². The Bertz CT molecular complexity index is 595. The Morgan fingerprint density at radius 1 is 1.48 bits per heavy atom. The van der Waals surface area contributed by atoms with Gasteiger partial charge in [-0.1, -0.05) is 13.0 Å². The lowest BCUT2D eigenvalue weighted by molar-refractivity contribution is -0.118. The fourth-order valence-electron chi connectivity index (χ4n) is 3.00. The Labute approximate surface area is 150 Å². The molecule has 1 saturated heterocycles. The van der Waals surface area contributed by atoms with Gasteiger partial charge in [-0.3, -0.25) is 9.69 Å². The van der Waals surface area contributed by atoms with Crippen LogP contribution in [0.4, 0.5) is 10.6 Å². The molecule has 1 aliphatic rings. The minimum absolute atomic E-state index is 0.0221. The summed E-state index contributed by atoms with van der Waals surface area (Å²) in [7, 11) is 0. The highest BCUT2D eigenvalue weighted by molar-refractivity contribution is 5.87. The van der Waals surface area contributed by atoms with Crippen molar-refractivity contribution in [2.75, 3.05) is 11.4 Å². The van der Waals surface area contributed by atoms with Gasteiger partial charge in [-0.25, -0.2) is 9.78 Å². The Morgan fingerprint density at radius 2 is 2.20 bits per heavy atom. The van der Waals surface area contributed by atoms with Gasteiger partial charge in [-0.05, 0) is 58.6 Å². The van der Waals surface area contributed by atoms with Crippen molar-refractivity contribution in [1.82, 2.24) is 9.88 Å². The highest BCUT2D eigenvalue weighted by atomic mass is 16.6. The van der Waals surface area contributed by atoms with Crippen LogP contribution in [-0.2, 0) is 9.53 Å². The summed E-state index contributed by atoms with van der Waals surface area (Å²) in [6.45, 7) is 10.3. The zero-order chi connectivity index (χ0) is 18.6. The van der Waals surface area contributed by atoms with Crippen molar-refractivity contribution < 1.29 is 14.3 Å². The molecule has 1 aromatic heterocycles. The normalized spacial score (nSPS) is 18.8. The number of ether oxygens (including phenoxy) is 1. The third-order valence-electron chi connectivity index (χ3n) is 4.45. The number of hydrogen-bond donors (Lipinski definition) is 0. The zero-order valence-corrected chi connectivity index (χ0v) is 15.9. The Balaban J connectivity index is 2.23.